The Balaban J connectivity index is 2.40. The normalized spacial score (nSPS) is 14.5. The molecule has 0 heterocycles. The van der Waals surface area contributed by atoms with Gasteiger partial charge in [-0.05, 0) is 38.0 Å². The molecule has 0 atom stereocenters. The molecule has 1 aliphatic rings. The Morgan fingerprint density at radius 2 is 2.29 bits per heavy atom. The Bertz CT molecular complexity index is 452. The van der Waals surface area contributed by atoms with Gasteiger partial charge in [-0.3, -0.25) is 4.79 Å². The Morgan fingerprint density at radius 3 is 2.82 bits per heavy atom. The van der Waals surface area contributed by atoms with Gasteiger partial charge in [0.05, 0.1) is 0 Å². The summed E-state index contributed by atoms with van der Waals surface area (Å²) in [5.41, 5.74) is 1.82. The van der Waals surface area contributed by atoms with E-state index in [1.807, 2.05) is 24.3 Å². The molecule has 0 radical (unpaired) electrons. The van der Waals surface area contributed by atoms with Gasteiger partial charge in [0.1, 0.15) is 0 Å². The van der Waals surface area contributed by atoms with Crippen molar-refractivity contribution in [3.63, 3.8) is 0 Å². The van der Waals surface area contributed by atoms with Crippen LogP contribution < -0.4 is 4.90 Å². The summed E-state index contributed by atoms with van der Waals surface area (Å²) in [6.07, 6.45) is 4.31. The van der Waals surface area contributed by atoms with Crippen molar-refractivity contribution in [3.8, 4) is 0 Å². The Morgan fingerprint density at radius 1 is 1.59 bits per heavy atom. The number of nitrogens with zero attached hydrogens (tertiary/aromatic N) is 1. The first-order valence-corrected chi connectivity index (χ1v) is 6.61. The molecule has 0 unspecified atom stereocenters. The van der Waals surface area contributed by atoms with Crippen molar-refractivity contribution in [1.82, 2.24) is 0 Å². The van der Waals surface area contributed by atoms with Gasteiger partial charge in [-0.25, -0.2) is 0 Å². The second-order valence-electron chi connectivity index (χ2n) is 4.39. The maximum atomic E-state index is 11.7. The third kappa shape index (κ3) is 2.78. The predicted octanol–water partition coefficient (Wildman–Crippen LogP) is 3.81. The number of carbonyl (C=O) groups excluding carboxylic acids is 1. The molecular weight excluding hydrogens is 278 g/mol. The van der Waals surface area contributed by atoms with Crippen molar-refractivity contribution >= 4 is 27.4 Å². The number of ketones is 1. The number of Topliss-reactive ketones (excluding diaryl/α,β-unsaturated/α-hetero) is 1. The van der Waals surface area contributed by atoms with Crippen LogP contribution in [0.5, 0.6) is 0 Å². The summed E-state index contributed by atoms with van der Waals surface area (Å²) >= 11 is 3.41. The summed E-state index contributed by atoms with van der Waals surface area (Å²) in [7, 11) is 0. The van der Waals surface area contributed by atoms with Crippen LogP contribution in [0, 0.1) is 0 Å². The number of carbonyl (C=O) groups is 1. The zero-order valence-electron chi connectivity index (χ0n) is 9.95. The standard InChI is InChI=1S/C14H16BrNO/c1-3-8-16(12-5-6-12)14-7-4-11(15)9-13(14)10(2)17/h3-4,7,9,12H,1,5-6,8H2,2H3. The molecule has 0 saturated heterocycles. The van der Waals surface area contributed by atoms with Gasteiger partial charge in [0.2, 0.25) is 0 Å². The molecule has 0 N–H and O–H groups in total. The molecule has 1 aromatic rings. The predicted molar refractivity (Wildman–Crippen MR) is 74.7 cm³/mol. The summed E-state index contributed by atoms with van der Waals surface area (Å²) in [5, 5.41) is 0. The van der Waals surface area contributed by atoms with Crippen LogP contribution in [0.2, 0.25) is 0 Å². The van der Waals surface area contributed by atoms with E-state index >= 15 is 0 Å². The largest absolute Gasteiger partial charge is 0.364 e. The highest BCUT2D eigenvalue weighted by Gasteiger charge is 2.30. The maximum Gasteiger partial charge on any atom is 0.161 e. The van der Waals surface area contributed by atoms with Crippen molar-refractivity contribution in [2.75, 3.05) is 11.4 Å². The lowest BCUT2D eigenvalue weighted by Gasteiger charge is -2.25. The molecule has 1 aromatic carbocycles. The first kappa shape index (κ1) is 12.4. The summed E-state index contributed by atoms with van der Waals surface area (Å²) in [6, 6.07) is 6.48. The Hall–Kier alpha value is -1.09. The number of hydrogen-bond acceptors (Lipinski definition) is 2. The van der Waals surface area contributed by atoms with Gasteiger partial charge in [-0.2, -0.15) is 0 Å². The van der Waals surface area contributed by atoms with Gasteiger partial charge < -0.3 is 4.90 Å². The molecule has 1 saturated carbocycles. The monoisotopic (exact) mass is 293 g/mol. The van der Waals surface area contributed by atoms with E-state index in [1.165, 1.54) is 12.8 Å². The van der Waals surface area contributed by atoms with E-state index in [-0.39, 0.29) is 5.78 Å². The van der Waals surface area contributed by atoms with Crippen molar-refractivity contribution in [2.45, 2.75) is 25.8 Å². The van der Waals surface area contributed by atoms with Gasteiger partial charge in [0.15, 0.2) is 5.78 Å². The molecule has 1 aliphatic carbocycles. The van der Waals surface area contributed by atoms with Gasteiger partial charge in [0, 0.05) is 28.3 Å². The van der Waals surface area contributed by atoms with Crippen LogP contribution >= 0.6 is 15.9 Å². The van der Waals surface area contributed by atoms with Crippen LogP contribution in [0.1, 0.15) is 30.1 Å². The molecule has 0 aromatic heterocycles. The van der Waals surface area contributed by atoms with Crippen molar-refractivity contribution in [1.29, 1.82) is 0 Å². The second kappa shape index (κ2) is 5.05. The van der Waals surface area contributed by atoms with Gasteiger partial charge in [-0.1, -0.05) is 22.0 Å². The molecule has 2 rings (SSSR count). The minimum absolute atomic E-state index is 0.107. The number of hydrogen-bond donors (Lipinski definition) is 0. The third-order valence-corrected chi connectivity index (χ3v) is 3.45. The van der Waals surface area contributed by atoms with Crippen LogP contribution in [0.3, 0.4) is 0 Å². The van der Waals surface area contributed by atoms with E-state index in [9.17, 15) is 4.79 Å². The van der Waals surface area contributed by atoms with E-state index in [0.29, 0.717) is 6.04 Å². The molecule has 0 amide bonds. The topological polar surface area (TPSA) is 20.3 Å². The van der Waals surface area contributed by atoms with E-state index in [0.717, 1.165) is 22.3 Å². The first-order valence-electron chi connectivity index (χ1n) is 5.81. The lowest BCUT2D eigenvalue weighted by molar-refractivity contribution is 0.101. The molecule has 0 spiro atoms. The molecule has 17 heavy (non-hydrogen) atoms. The van der Waals surface area contributed by atoms with Gasteiger partial charge in [-0.15, -0.1) is 6.58 Å². The third-order valence-electron chi connectivity index (χ3n) is 2.96. The Kier molecular flexibility index (Phi) is 3.67. The average molecular weight is 294 g/mol. The molecule has 0 bridgehead atoms. The Labute approximate surface area is 110 Å². The van der Waals surface area contributed by atoms with Crippen LogP contribution in [0.25, 0.3) is 0 Å². The van der Waals surface area contributed by atoms with Gasteiger partial charge in [0.25, 0.3) is 0 Å². The fraction of sp³-hybridized carbons (Fsp3) is 0.357. The van der Waals surface area contributed by atoms with Crippen LogP contribution in [-0.2, 0) is 0 Å². The number of rotatable bonds is 5. The second-order valence-corrected chi connectivity index (χ2v) is 5.31. The van der Waals surface area contributed by atoms with Crippen LogP contribution in [0.15, 0.2) is 35.3 Å². The SMILES string of the molecule is C=CCN(c1ccc(Br)cc1C(C)=O)C1CC1. The maximum absolute atomic E-state index is 11.7. The molecule has 0 aliphatic heterocycles. The molecule has 2 nitrogen and oxygen atoms in total. The summed E-state index contributed by atoms with van der Waals surface area (Å²) in [5.74, 6) is 0.107. The van der Waals surface area contributed by atoms with Crippen molar-refractivity contribution in [2.24, 2.45) is 0 Å². The minimum Gasteiger partial charge on any atom is -0.364 e. The number of anilines is 1. The van der Waals surface area contributed by atoms with E-state index < -0.39 is 0 Å². The summed E-state index contributed by atoms with van der Waals surface area (Å²) in [4.78, 5) is 14.0. The fourth-order valence-corrected chi connectivity index (χ4v) is 2.37. The zero-order chi connectivity index (χ0) is 12.4. The molecular formula is C14H16BrNO. The number of halogens is 1. The van der Waals surface area contributed by atoms with E-state index in [1.54, 1.807) is 6.92 Å². The van der Waals surface area contributed by atoms with E-state index in [4.69, 9.17) is 0 Å². The number of benzene rings is 1. The summed E-state index contributed by atoms with van der Waals surface area (Å²) in [6.45, 7) is 6.21. The quantitative estimate of drug-likeness (QED) is 0.608. The molecule has 1 fully saturated rings. The minimum atomic E-state index is 0.107. The zero-order valence-corrected chi connectivity index (χ0v) is 11.5. The summed E-state index contributed by atoms with van der Waals surface area (Å²) < 4.78 is 0.945. The smallest absolute Gasteiger partial charge is 0.161 e. The molecule has 3 heteroatoms. The van der Waals surface area contributed by atoms with Crippen LogP contribution in [0.4, 0.5) is 5.69 Å². The average Bonchev–Trinajstić information content (AvgIpc) is 3.10. The first-order chi connectivity index (χ1) is 8.13. The lowest BCUT2D eigenvalue weighted by atomic mass is 10.1. The van der Waals surface area contributed by atoms with Crippen molar-refractivity contribution < 1.29 is 4.79 Å². The highest BCUT2D eigenvalue weighted by molar-refractivity contribution is 9.10. The molecule has 90 valence electrons. The van der Waals surface area contributed by atoms with Crippen LogP contribution in [-0.4, -0.2) is 18.4 Å². The van der Waals surface area contributed by atoms with E-state index in [2.05, 4.69) is 27.4 Å². The highest BCUT2D eigenvalue weighted by Crippen LogP contribution is 2.34. The fourth-order valence-electron chi connectivity index (χ4n) is 2.01. The van der Waals surface area contributed by atoms with Gasteiger partial charge >= 0.3 is 0 Å². The van der Waals surface area contributed by atoms with Crippen molar-refractivity contribution in [3.05, 3.63) is 40.9 Å². The highest BCUT2D eigenvalue weighted by atomic mass is 79.9. The lowest BCUT2D eigenvalue weighted by Crippen LogP contribution is -2.27.